The Bertz CT molecular complexity index is 1340. The maximum atomic E-state index is 13.0. The van der Waals surface area contributed by atoms with E-state index in [2.05, 4.69) is 5.32 Å². The van der Waals surface area contributed by atoms with Gasteiger partial charge in [-0.05, 0) is 36.2 Å². The molecule has 0 spiro atoms. The molecule has 0 atom stereocenters. The number of hydrogen-bond donors (Lipinski definition) is 1. The summed E-state index contributed by atoms with van der Waals surface area (Å²) in [6, 6.07) is 25.9. The zero-order chi connectivity index (χ0) is 25.5. The minimum absolute atomic E-state index is 0.184. The maximum absolute atomic E-state index is 13.0. The number of carbonyl (C=O) groups excluding carboxylic acids is 1. The Kier molecular flexibility index (Phi) is 8.30. The van der Waals surface area contributed by atoms with Crippen molar-refractivity contribution in [2.45, 2.75) is 31.6 Å². The minimum atomic E-state index is -3.60. The fourth-order valence-electron chi connectivity index (χ4n) is 3.83. The molecule has 0 saturated heterocycles. The zero-order valence-electron chi connectivity index (χ0n) is 20.3. The van der Waals surface area contributed by atoms with Gasteiger partial charge in [-0.25, -0.2) is 13.4 Å². The van der Waals surface area contributed by atoms with Crippen LogP contribution in [0.5, 0.6) is 0 Å². The summed E-state index contributed by atoms with van der Waals surface area (Å²) < 4.78 is 27.4. The Morgan fingerprint density at radius 1 is 0.889 bits per heavy atom. The lowest BCUT2D eigenvalue weighted by molar-refractivity contribution is 0.102. The Balaban J connectivity index is 1.57. The molecule has 0 aliphatic heterocycles. The third-order valence-electron chi connectivity index (χ3n) is 5.80. The Morgan fingerprint density at radius 2 is 1.50 bits per heavy atom. The summed E-state index contributed by atoms with van der Waals surface area (Å²) in [6.45, 7) is 4.75. The second-order valence-electron chi connectivity index (χ2n) is 8.26. The predicted octanol–water partition coefficient (Wildman–Crippen LogP) is 6.54. The maximum Gasteiger partial charge on any atom is 0.257 e. The van der Waals surface area contributed by atoms with Gasteiger partial charge in [-0.1, -0.05) is 92.3 Å². The number of amides is 1. The first-order chi connectivity index (χ1) is 17.4. The normalized spacial score (nSPS) is 11.5. The van der Waals surface area contributed by atoms with E-state index in [-0.39, 0.29) is 10.8 Å². The molecule has 0 saturated carbocycles. The third kappa shape index (κ3) is 5.73. The van der Waals surface area contributed by atoms with E-state index < -0.39 is 10.0 Å². The van der Waals surface area contributed by atoms with E-state index in [9.17, 15) is 13.2 Å². The lowest BCUT2D eigenvalue weighted by Crippen LogP contribution is -2.31. The molecule has 36 heavy (non-hydrogen) atoms. The van der Waals surface area contributed by atoms with Crippen molar-refractivity contribution in [2.24, 2.45) is 0 Å². The molecule has 4 rings (SSSR count). The van der Waals surface area contributed by atoms with Gasteiger partial charge < -0.3 is 0 Å². The van der Waals surface area contributed by atoms with Crippen molar-refractivity contribution in [2.75, 3.05) is 18.4 Å². The van der Waals surface area contributed by atoms with Gasteiger partial charge in [-0.15, -0.1) is 0 Å². The molecule has 8 heteroatoms. The molecule has 0 bridgehead atoms. The van der Waals surface area contributed by atoms with E-state index >= 15 is 0 Å². The molecule has 0 aliphatic rings. The number of sulfonamides is 1. The van der Waals surface area contributed by atoms with Crippen molar-refractivity contribution in [3.63, 3.8) is 0 Å². The van der Waals surface area contributed by atoms with Crippen molar-refractivity contribution in [3.05, 3.63) is 90.5 Å². The average Bonchev–Trinajstić information content (AvgIpc) is 3.34. The molecule has 3 aromatic carbocycles. The van der Waals surface area contributed by atoms with Crippen molar-refractivity contribution in [1.82, 2.24) is 9.29 Å². The first-order valence-corrected chi connectivity index (χ1v) is 14.2. The van der Waals surface area contributed by atoms with Crippen LogP contribution in [0.3, 0.4) is 0 Å². The Labute approximate surface area is 216 Å². The number of benzene rings is 3. The predicted molar refractivity (Wildman–Crippen MR) is 147 cm³/mol. The molecule has 1 amide bonds. The number of unbranched alkanes of at least 4 members (excludes halogenated alkanes) is 1. The summed E-state index contributed by atoms with van der Waals surface area (Å²) in [5.74, 6) is -0.342. The summed E-state index contributed by atoms with van der Waals surface area (Å²) in [4.78, 5) is 18.9. The molecule has 1 N–H and O–H groups in total. The van der Waals surface area contributed by atoms with Crippen LogP contribution in [0.2, 0.25) is 0 Å². The number of aromatic nitrogens is 1. The number of carbonyl (C=O) groups is 1. The fraction of sp³-hybridized carbons (Fsp3) is 0.214. The molecular weight excluding hydrogens is 490 g/mol. The van der Waals surface area contributed by atoms with E-state index in [1.165, 1.54) is 27.8 Å². The monoisotopic (exact) mass is 519 g/mol. The number of rotatable bonds is 10. The highest BCUT2D eigenvalue weighted by atomic mass is 32.2. The van der Waals surface area contributed by atoms with Crippen LogP contribution >= 0.6 is 11.3 Å². The highest BCUT2D eigenvalue weighted by Gasteiger charge is 2.23. The van der Waals surface area contributed by atoms with Crippen LogP contribution in [0.4, 0.5) is 5.13 Å². The molecule has 0 aliphatic carbocycles. The van der Waals surface area contributed by atoms with Gasteiger partial charge in [0.1, 0.15) is 0 Å². The highest BCUT2D eigenvalue weighted by Crippen LogP contribution is 2.39. The molecule has 1 heterocycles. The van der Waals surface area contributed by atoms with Crippen LogP contribution in [-0.4, -0.2) is 36.7 Å². The van der Waals surface area contributed by atoms with Gasteiger partial charge in [0.2, 0.25) is 10.0 Å². The number of thiazole rings is 1. The van der Waals surface area contributed by atoms with Gasteiger partial charge in [-0.3, -0.25) is 10.1 Å². The van der Waals surface area contributed by atoms with E-state index in [1.54, 1.807) is 12.1 Å². The SMILES string of the molecule is CCCCN(CC)S(=O)(=O)c1ccc(C(=O)Nc2nc(-c3ccccc3)c(-c3ccccc3)s2)cc1. The van der Waals surface area contributed by atoms with Gasteiger partial charge >= 0.3 is 0 Å². The van der Waals surface area contributed by atoms with E-state index in [4.69, 9.17) is 4.98 Å². The lowest BCUT2D eigenvalue weighted by Gasteiger charge is -2.20. The number of hydrogen-bond acceptors (Lipinski definition) is 5. The van der Waals surface area contributed by atoms with E-state index in [0.29, 0.717) is 23.8 Å². The second kappa shape index (κ2) is 11.6. The summed E-state index contributed by atoms with van der Waals surface area (Å²) in [5, 5.41) is 3.37. The minimum Gasteiger partial charge on any atom is -0.298 e. The number of anilines is 1. The van der Waals surface area contributed by atoms with Crippen molar-refractivity contribution >= 4 is 32.4 Å². The first-order valence-electron chi connectivity index (χ1n) is 12.0. The van der Waals surface area contributed by atoms with Gasteiger partial charge in [0, 0.05) is 24.2 Å². The van der Waals surface area contributed by atoms with Crippen molar-refractivity contribution < 1.29 is 13.2 Å². The fourth-order valence-corrected chi connectivity index (χ4v) is 6.31. The molecule has 0 fully saturated rings. The smallest absolute Gasteiger partial charge is 0.257 e. The van der Waals surface area contributed by atoms with Crippen LogP contribution in [-0.2, 0) is 10.0 Å². The number of nitrogens with zero attached hydrogens (tertiary/aromatic N) is 2. The standard InChI is InChI=1S/C28H29N3O3S2/c1-3-5-20-31(4-2)36(33,34)24-18-16-23(17-19-24)27(32)30-28-29-25(21-12-8-6-9-13-21)26(35-28)22-14-10-7-11-15-22/h6-19H,3-5,20H2,1-2H3,(H,29,30,32). The van der Waals surface area contributed by atoms with Crippen LogP contribution in [0.15, 0.2) is 89.8 Å². The van der Waals surface area contributed by atoms with E-state index in [1.807, 2.05) is 74.5 Å². The van der Waals surface area contributed by atoms with E-state index in [0.717, 1.165) is 34.5 Å². The Morgan fingerprint density at radius 3 is 2.08 bits per heavy atom. The average molecular weight is 520 g/mol. The Hall–Kier alpha value is -3.33. The highest BCUT2D eigenvalue weighted by molar-refractivity contribution is 7.89. The van der Waals surface area contributed by atoms with Gasteiger partial charge in [0.25, 0.3) is 5.91 Å². The molecule has 186 valence electrons. The summed E-state index contributed by atoms with van der Waals surface area (Å²) in [5.41, 5.74) is 3.15. The molecule has 0 radical (unpaired) electrons. The van der Waals surface area contributed by atoms with Gasteiger partial charge in [0.05, 0.1) is 15.5 Å². The van der Waals surface area contributed by atoms with Crippen LogP contribution in [0.1, 0.15) is 37.0 Å². The largest absolute Gasteiger partial charge is 0.298 e. The molecular formula is C28H29N3O3S2. The second-order valence-corrected chi connectivity index (χ2v) is 11.2. The summed E-state index contributed by atoms with van der Waals surface area (Å²) >= 11 is 1.41. The van der Waals surface area contributed by atoms with Crippen LogP contribution in [0.25, 0.3) is 21.7 Å². The lowest BCUT2D eigenvalue weighted by atomic mass is 10.1. The molecule has 1 aromatic heterocycles. The molecule has 4 aromatic rings. The zero-order valence-corrected chi connectivity index (χ0v) is 22.0. The topological polar surface area (TPSA) is 79.4 Å². The van der Waals surface area contributed by atoms with Crippen LogP contribution in [0, 0.1) is 0 Å². The number of nitrogens with one attached hydrogen (secondary N) is 1. The van der Waals surface area contributed by atoms with Crippen molar-refractivity contribution in [3.8, 4) is 21.7 Å². The van der Waals surface area contributed by atoms with Crippen molar-refractivity contribution in [1.29, 1.82) is 0 Å². The quantitative estimate of drug-likeness (QED) is 0.258. The summed E-state index contributed by atoms with van der Waals surface area (Å²) in [7, 11) is -3.60. The summed E-state index contributed by atoms with van der Waals surface area (Å²) in [6.07, 6.45) is 1.72. The van der Waals surface area contributed by atoms with Gasteiger partial charge in [0.15, 0.2) is 5.13 Å². The first kappa shape index (κ1) is 25.8. The van der Waals surface area contributed by atoms with Crippen LogP contribution < -0.4 is 5.32 Å². The molecule has 6 nitrogen and oxygen atoms in total. The molecule has 0 unspecified atom stereocenters. The van der Waals surface area contributed by atoms with Gasteiger partial charge in [-0.2, -0.15) is 4.31 Å². The third-order valence-corrected chi connectivity index (χ3v) is 8.81.